The Kier molecular flexibility index (Phi) is 9.74. The molecule has 0 saturated carbocycles. The van der Waals surface area contributed by atoms with Gasteiger partial charge in [-0.1, -0.05) is 65.7 Å². The van der Waals surface area contributed by atoms with Crippen LogP contribution >= 0.6 is 23.2 Å². The molecule has 9 heteroatoms. The summed E-state index contributed by atoms with van der Waals surface area (Å²) >= 11 is 12.1. The Morgan fingerprint density at radius 1 is 1.05 bits per heavy atom. The molecule has 1 N–H and O–H groups in total. The van der Waals surface area contributed by atoms with Crippen molar-refractivity contribution in [1.29, 1.82) is 5.26 Å². The Bertz CT molecular complexity index is 1300. The fourth-order valence-corrected chi connectivity index (χ4v) is 4.47. The Balaban J connectivity index is 1.47. The maximum Gasteiger partial charge on any atom is 0.262 e. The summed E-state index contributed by atoms with van der Waals surface area (Å²) < 4.78 is 5.97. The number of nitrogens with one attached hydrogen (secondary N) is 1. The van der Waals surface area contributed by atoms with E-state index in [1.807, 2.05) is 60.7 Å². The maximum absolute atomic E-state index is 13.2. The zero-order valence-corrected chi connectivity index (χ0v) is 22.6. The number of nitrogens with zero attached hydrogens (tertiary/aromatic N) is 4. The number of hydrogen-bond donors (Lipinski definition) is 1. The first-order chi connectivity index (χ1) is 18.4. The average Bonchev–Trinajstić information content (AvgIpc) is 2.94. The highest BCUT2D eigenvalue weighted by Crippen LogP contribution is 2.25. The van der Waals surface area contributed by atoms with Crippen molar-refractivity contribution in [3.63, 3.8) is 0 Å². The number of amides is 1. The number of likely N-dealkylation sites (N-methyl/N-ethyl adjacent to an activating group) is 1. The number of aromatic nitrogens is 1. The molecule has 2 heterocycles. The van der Waals surface area contributed by atoms with Gasteiger partial charge in [0.15, 0.2) is 0 Å². The summed E-state index contributed by atoms with van der Waals surface area (Å²) in [5.41, 5.74) is 1.85. The minimum atomic E-state index is -0.549. The van der Waals surface area contributed by atoms with E-state index in [0.717, 1.165) is 49.6 Å². The number of rotatable bonds is 9. The van der Waals surface area contributed by atoms with Crippen molar-refractivity contribution in [2.75, 3.05) is 46.4 Å². The van der Waals surface area contributed by atoms with Crippen molar-refractivity contribution in [3.8, 4) is 11.8 Å². The van der Waals surface area contributed by atoms with Gasteiger partial charge in [0.2, 0.25) is 0 Å². The number of nitriles is 1. The summed E-state index contributed by atoms with van der Waals surface area (Å²) in [6.07, 6.45) is 1.34. The van der Waals surface area contributed by atoms with Gasteiger partial charge < -0.3 is 15.0 Å². The van der Waals surface area contributed by atoms with Gasteiger partial charge in [-0.25, -0.2) is 4.98 Å². The fourth-order valence-electron chi connectivity index (χ4n) is 4.15. The molecular weight excluding hydrogens is 521 g/mol. The molecule has 1 amide bonds. The Labute approximate surface area is 233 Å². The van der Waals surface area contributed by atoms with Crippen LogP contribution in [0.1, 0.15) is 22.9 Å². The van der Waals surface area contributed by atoms with E-state index in [1.54, 1.807) is 12.1 Å². The molecule has 1 unspecified atom stereocenters. The van der Waals surface area contributed by atoms with Gasteiger partial charge in [0.05, 0.1) is 16.8 Å². The van der Waals surface area contributed by atoms with Crippen LogP contribution in [0.5, 0.6) is 5.75 Å². The molecule has 0 radical (unpaired) electrons. The van der Waals surface area contributed by atoms with Gasteiger partial charge in [0, 0.05) is 32.7 Å². The Morgan fingerprint density at radius 2 is 1.74 bits per heavy atom. The molecule has 1 fully saturated rings. The summed E-state index contributed by atoms with van der Waals surface area (Å²) in [5.74, 6) is 0.215. The van der Waals surface area contributed by atoms with E-state index in [2.05, 4.69) is 27.1 Å². The highest BCUT2D eigenvalue weighted by atomic mass is 35.5. The van der Waals surface area contributed by atoms with Gasteiger partial charge in [-0.2, -0.15) is 5.26 Å². The lowest BCUT2D eigenvalue weighted by molar-refractivity contribution is -0.117. The number of carbonyl (C=O) groups excluding carboxylic acids is 1. The standard InChI is InChI=1S/C29H29Cl2N5O2/c1-35-13-15-36(16-14-35)17-18-38-24-9-7-22(8-10-24)28(21-5-3-2-4-6-21)34-29(37)23(20-32)19-26-25(30)11-12-27(31)33-26/h2-12,19,28H,13-18H2,1H3,(H,34,37). The first-order valence-electron chi connectivity index (χ1n) is 12.4. The number of benzene rings is 2. The molecule has 0 spiro atoms. The van der Waals surface area contributed by atoms with Crippen LogP contribution in [0.15, 0.2) is 72.3 Å². The summed E-state index contributed by atoms with van der Waals surface area (Å²) in [4.78, 5) is 22.0. The van der Waals surface area contributed by atoms with Crippen molar-refractivity contribution in [1.82, 2.24) is 20.1 Å². The first kappa shape index (κ1) is 27.6. The summed E-state index contributed by atoms with van der Waals surface area (Å²) in [6, 6.07) is 21.8. The van der Waals surface area contributed by atoms with E-state index in [0.29, 0.717) is 6.61 Å². The summed E-state index contributed by atoms with van der Waals surface area (Å²) in [7, 11) is 2.14. The molecule has 1 aliphatic rings. The largest absolute Gasteiger partial charge is 0.492 e. The summed E-state index contributed by atoms with van der Waals surface area (Å²) in [6.45, 7) is 5.75. The fraction of sp³-hybridized carbons (Fsp3) is 0.276. The van der Waals surface area contributed by atoms with Crippen LogP contribution in [-0.4, -0.2) is 67.1 Å². The lowest BCUT2D eigenvalue weighted by Crippen LogP contribution is -2.45. The molecule has 1 aliphatic heterocycles. The van der Waals surface area contributed by atoms with Gasteiger partial charge in [-0.05, 0) is 48.5 Å². The second-order valence-corrected chi connectivity index (χ2v) is 9.84. The molecule has 2 aromatic carbocycles. The zero-order chi connectivity index (χ0) is 26.9. The number of carbonyl (C=O) groups is 1. The van der Waals surface area contributed by atoms with E-state index in [9.17, 15) is 10.1 Å². The second kappa shape index (κ2) is 13.4. The quantitative estimate of drug-likeness (QED) is 0.234. The predicted molar refractivity (Wildman–Crippen MR) is 150 cm³/mol. The average molecular weight is 550 g/mol. The summed E-state index contributed by atoms with van der Waals surface area (Å²) in [5, 5.41) is 13.2. The molecule has 1 aromatic heterocycles. The van der Waals surface area contributed by atoms with Crippen molar-refractivity contribution < 1.29 is 9.53 Å². The molecule has 196 valence electrons. The number of hydrogen-bond acceptors (Lipinski definition) is 6. The second-order valence-electron chi connectivity index (χ2n) is 9.05. The van der Waals surface area contributed by atoms with Crippen molar-refractivity contribution >= 4 is 35.2 Å². The van der Waals surface area contributed by atoms with Crippen LogP contribution < -0.4 is 10.1 Å². The topological polar surface area (TPSA) is 81.5 Å². The molecule has 3 aromatic rings. The minimum absolute atomic E-state index is 0.133. The van der Waals surface area contributed by atoms with E-state index in [-0.39, 0.29) is 21.4 Å². The maximum atomic E-state index is 13.2. The van der Waals surface area contributed by atoms with Gasteiger partial charge in [-0.3, -0.25) is 9.69 Å². The van der Waals surface area contributed by atoms with Crippen LogP contribution in [0.2, 0.25) is 10.2 Å². The van der Waals surface area contributed by atoms with E-state index in [4.69, 9.17) is 27.9 Å². The molecule has 1 atom stereocenters. The smallest absolute Gasteiger partial charge is 0.262 e. The lowest BCUT2D eigenvalue weighted by Gasteiger charge is -2.32. The van der Waals surface area contributed by atoms with Crippen LogP contribution in [0.4, 0.5) is 0 Å². The third-order valence-corrected chi connectivity index (χ3v) is 6.91. The van der Waals surface area contributed by atoms with Crippen LogP contribution in [-0.2, 0) is 4.79 Å². The highest BCUT2D eigenvalue weighted by molar-refractivity contribution is 6.33. The molecular formula is C29H29Cl2N5O2. The number of pyridine rings is 1. The molecule has 4 rings (SSSR count). The van der Waals surface area contributed by atoms with Crippen LogP contribution in [0.3, 0.4) is 0 Å². The highest BCUT2D eigenvalue weighted by Gasteiger charge is 2.20. The number of piperazine rings is 1. The van der Waals surface area contributed by atoms with Crippen LogP contribution in [0, 0.1) is 11.3 Å². The molecule has 1 saturated heterocycles. The predicted octanol–water partition coefficient (Wildman–Crippen LogP) is 4.83. The van der Waals surface area contributed by atoms with E-state index >= 15 is 0 Å². The van der Waals surface area contributed by atoms with Crippen molar-refractivity contribution in [2.24, 2.45) is 0 Å². The minimum Gasteiger partial charge on any atom is -0.492 e. The molecule has 0 aliphatic carbocycles. The Hall–Kier alpha value is -3.41. The van der Waals surface area contributed by atoms with E-state index < -0.39 is 11.9 Å². The van der Waals surface area contributed by atoms with Gasteiger partial charge >= 0.3 is 0 Å². The zero-order valence-electron chi connectivity index (χ0n) is 21.1. The van der Waals surface area contributed by atoms with Gasteiger partial charge in [-0.15, -0.1) is 0 Å². The third-order valence-electron chi connectivity index (χ3n) is 6.38. The molecule has 38 heavy (non-hydrogen) atoms. The number of ether oxygens (including phenoxy) is 1. The molecule has 7 nitrogen and oxygen atoms in total. The van der Waals surface area contributed by atoms with Crippen molar-refractivity contribution in [2.45, 2.75) is 6.04 Å². The van der Waals surface area contributed by atoms with Gasteiger partial charge in [0.1, 0.15) is 29.2 Å². The normalized spacial score (nSPS) is 15.5. The SMILES string of the molecule is CN1CCN(CCOc2ccc(C(NC(=O)C(C#N)=Cc3nc(Cl)ccc3Cl)c3ccccc3)cc2)CC1. The monoisotopic (exact) mass is 549 g/mol. The lowest BCUT2D eigenvalue weighted by atomic mass is 9.98. The van der Waals surface area contributed by atoms with E-state index in [1.165, 1.54) is 6.08 Å². The van der Waals surface area contributed by atoms with Crippen molar-refractivity contribution in [3.05, 3.63) is 99.3 Å². The Morgan fingerprint density at radius 3 is 2.42 bits per heavy atom. The number of halogens is 2. The first-order valence-corrected chi connectivity index (χ1v) is 13.1. The third kappa shape index (κ3) is 7.56. The molecule has 0 bridgehead atoms. The van der Waals surface area contributed by atoms with Crippen LogP contribution in [0.25, 0.3) is 6.08 Å². The van der Waals surface area contributed by atoms with Gasteiger partial charge in [0.25, 0.3) is 5.91 Å².